The smallest absolute Gasteiger partial charge is 0.0697 e. The minimum atomic E-state index is -0.855. The SMILES string of the molecule is CC1=CC2=C(C1C)[Si]2(C)C. The van der Waals surface area contributed by atoms with Gasteiger partial charge in [-0.1, -0.05) is 42.1 Å². The maximum atomic E-state index is 2.46. The van der Waals surface area contributed by atoms with E-state index in [0.29, 0.717) is 0 Å². The number of allylic oxidation sites excluding steroid dienone is 4. The monoisotopic (exact) mass is 150 g/mol. The fourth-order valence-corrected chi connectivity index (χ4v) is 6.13. The number of rotatable bonds is 0. The van der Waals surface area contributed by atoms with E-state index >= 15 is 0 Å². The van der Waals surface area contributed by atoms with E-state index in [9.17, 15) is 0 Å². The van der Waals surface area contributed by atoms with Gasteiger partial charge in [0.1, 0.15) is 8.07 Å². The lowest BCUT2D eigenvalue weighted by Crippen LogP contribution is -2.16. The molecule has 0 nitrogen and oxygen atoms in total. The molecule has 10 heavy (non-hydrogen) atoms. The van der Waals surface area contributed by atoms with Crippen molar-refractivity contribution >= 4 is 8.07 Å². The Morgan fingerprint density at radius 2 is 2.00 bits per heavy atom. The summed E-state index contributed by atoms with van der Waals surface area (Å²) >= 11 is 0. The third kappa shape index (κ3) is 0.523. The molecule has 0 radical (unpaired) electrons. The average Bonchev–Trinajstić information content (AvgIpc) is 2.12. The summed E-state index contributed by atoms with van der Waals surface area (Å²) in [6.07, 6.45) is 2.42. The number of hydrogen-bond donors (Lipinski definition) is 0. The van der Waals surface area contributed by atoms with Gasteiger partial charge in [0.05, 0.1) is 0 Å². The van der Waals surface area contributed by atoms with Gasteiger partial charge in [-0.2, -0.15) is 0 Å². The highest BCUT2D eigenvalue weighted by Gasteiger charge is 2.51. The van der Waals surface area contributed by atoms with E-state index in [1.165, 1.54) is 0 Å². The van der Waals surface area contributed by atoms with Crippen molar-refractivity contribution in [1.29, 1.82) is 0 Å². The highest BCUT2D eigenvalue weighted by Crippen LogP contribution is 2.53. The first kappa shape index (κ1) is 6.41. The van der Waals surface area contributed by atoms with E-state index < -0.39 is 8.07 Å². The molecule has 54 valence electrons. The summed E-state index contributed by atoms with van der Waals surface area (Å²) in [4.78, 5) is 0. The van der Waals surface area contributed by atoms with Crippen molar-refractivity contribution in [3.63, 3.8) is 0 Å². The first-order chi connectivity index (χ1) is 4.55. The van der Waals surface area contributed by atoms with Gasteiger partial charge in [0.15, 0.2) is 0 Å². The van der Waals surface area contributed by atoms with E-state index in [0.717, 1.165) is 5.92 Å². The second-order valence-corrected chi connectivity index (χ2v) is 8.39. The molecule has 1 heterocycles. The molecular weight excluding hydrogens is 136 g/mol. The van der Waals surface area contributed by atoms with Gasteiger partial charge in [-0.3, -0.25) is 0 Å². The molecule has 0 saturated carbocycles. The third-order valence-electron chi connectivity index (χ3n) is 3.06. The molecule has 0 aromatic heterocycles. The van der Waals surface area contributed by atoms with Crippen molar-refractivity contribution in [3.8, 4) is 0 Å². The van der Waals surface area contributed by atoms with Crippen molar-refractivity contribution in [1.82, 2.24) is 0 Å². The fourth-order valence-electron chi connectivity index (χ4n) is 2.14. The van der Waals surface area contributed by atoms with Crippen LogP contribution in [0.3, 0.4) is 0 Å². The van der Waals surface area contributed by atoms with Gasteiger partial charge in [-0.25, -0.2) is 0 Å². The van der Waals surface area contributed by atoms with Crippen LogP contribution in [0.4, 0.5) is 0 Å². The van der Waals surface area contributed by atoms with Crippen LogP contribution in [0.1, 0.15) is 13.8 Å². The van der Waals surface area contributed by atoms with E-state index in [2.05, 4.69) is 33.0 Å². The summed E-state index contributed by atoms with van der Waals surface area (Å²) in [6, 6.07) is 0. The Labute approximate surface area is 63.6 Å². The highest BCUT2D eigenvalue weighted by molar-refractivity contribution is 7.02. The fraction of sp³-hybridized carbons (Fsp3) is 0.556. The van der Waals surface area contributed by atoms with Crippen molar-refractivity contribution in [2.45, 2.75) is 26.9 Å². The quantitative estimate of drug-likeness (QED) is 0.466. The molecule has 1 atom stereocenters. The molecule has 0 amide bonds. The molecule has 0 aromatic carbocycles. The van der Waals surface area contributed by atoms with Gasteiger partial charge in [-0.05, 0) is 12.8 Å². The topological polar surface area (TPSA) is 0 Å². The van der Waals surface area contributed by atoms with Crippen LogP contribution in [-0.4, -0.2) is 8.07 Å². The van der Waals surface area contributed by atoms with Crippen LogP contribution >= 0.6 is 0 Å². The van der Waals surface area contributed by atoms with E-state index in [-0.39, 0.29) is 0 Å². The maximum Gasteiger partial charge on any atom is 0.107 e. The molecule has 1 heteroatoms. The first-order valence-corrected chi connectivity index (χ1v) is 6.98. The van der Waals surface area contributed by atoms with Crippen molar-refractivity contribution in [3.05, 3.63) is 22.0 Å². The molecule has 0 aromatic rings. The van der Waals surface area contributed by atoms with Crippen LogP contribution in [0.5, 0.6) is 0 Å². The van der Waals surface area contributed by atoms with E-state index in [1.54, 1.807) is 10.8 Å². The summed E-state index contributed by atoms with van der Waals surface area (Å²) < 4.78 is 0. The van der Waals surface area contributed by atoms with Gasteiger partial charge in [0.25, 0.3) is 0 Å². The predicted molar refractivity (Wildman–Crippen MR) is 47.4 cm³/mol. The van der Waals surface area contributed by atoms with Crippen molar-refractivity contribution in [2.24, 2.45) is 5.92 Å². The Balaban J connectivity index is 2.34. The molecule has 0 fully saturated rings. The van der Waals surface area contributed by atoms with Crippen molar-refractivity contribution < 1.29 is 0 Å². The summed E-state index contributed by atoms with van der Waals surface area (Å²) in [6.45, 7) is 9.51. The minimum Gasteiger partial charge on any atom is -0.0697 e. The molecule has 0 saturated heterocycles. The maximum absolute atomic E-state index is 2.46. The second-order valence-electron chi connectivity index (χ2n) is 4.06. The largest absolute Gasteiger partial charge is 0.107 e. The molecule has 2 aliphatic rings. The highest BCUT2D eigenvalue weighted by atomic mass is 28.3. The summed E-state index contributed by atoms with van der Waals surface area (Å²) in [5.41, 5.74) is 1.58. The summed E-state index contributed by atoms with van der Waals surface area (Å²) in [5.74, 6) is 0.802. The zero-order valence-corrected chi connectivity index (χ0v) is 8.15. The van der Waals surface area contributed by atoms with Crippen LogP contribution in [0.15, 0.2) is 22.0 Å². The van der Waals surface area contributed by atoms with Crippen LogP contribution in [0.25, 0.3) is 0 Å². The van der Waals surface area contributed by atoms with Crippen LogP contribution in [0.2, 0.25) is 13.1 Å². The Bertz CT molecular complexity index is 256. The van der Waals surface area contributed by atoms with Gasteiger partial charge < -0.3 is 0 Å². The van der Waals surface area contributed by atoms with Crippen LogP contribution in [-0.2, 0) is 0 Å². The van der Waals surface area contributed by atoms with Gasteiger partial charge in [0, 0.05) is 0 Å². The normalized spacial score (nSPS) is 34.0. The molecule has 1 unspecified atom stereocenters. The van der Waals surface area contributed by atoms with E-state index in [1.807, 2.05) is 5.20 Å². The molecule has 0 spiro atoms. The van der Waals surface area contributed by atoms with Gasteiger partial charge >= 0.3 is 0 Å². The minimum absolute atomic E-state index is 0.802. The molecular formula is C9H14Si. The van der Waals surface area contributed by atoms with Crippen LogP contribution in [0, 0.1) is 5.92 Å². The average molecular weight is 150 g/mol. The van der Waals surface area contributed by atoms with E-state index in [4.69, 9.17) is 0 Å². The summed E-state index contributed by atoms with van der Waals surface area (Å²) in [7, 11) is -0.855. The van der Waals surface area contributed by atoms with Gasteiger partial charge in [-0.15, -0.1) is 0 Å². The Hall–Kier alpha value is -0.303. The molecule has 1 aliphatic carbocycles. The molecule has 2 rings (SSSR count). The van der Waals surface area contributed by atoms with Gasteiger partial charge in [0.2, 0.25) is 0 Å². The predicted octanol–water partition coefficient (Wildman–Crippen LogP) is 2.68. The molecule has 1 aliphatic heterocycles. The Morgan fingerprint density at radius 1 is 1.40 bits per heavy atom. The first-order valence-electron chi connectivity index (χ1n) is 3.98. The third-order valence-corrected chi connectivity index (χ3v) is 6.62. The van der Waals surface area contributed by atoms with Crippen molar-refractivity contribution in [2.75, 3.05) is 0 Å². The zero-order chi connectivity index (χ0) is 7.52. The van der Waals surface area contributed by atoms with Crippen LogP contribution < -0.4 is 0 Å². The summed E-state index contributed by atoms with van der Waals surface area (Å²) in [5, 5.41) is 3.57. The zero-order valence-electron chi connectivity index (χ0n) is 7.15. The lowest BCUT2D eigenvalue weighted by Gasteiger charge is -2.14. The Kier molecular flexibility index (Phi) is 0.945. The molecule has 0 N–H and O–H groups in total. The lowest BCUT2D eigenvalue weighted by atomic mass is 10.1. The lowest BCUT2D eigenvalue weighted by molar-refractivity contribution is 0.864. The Morgan fingerprint density at radius 3 is 2.30 bits per heavy atom. The number of hydrogen-bond acceptors (Lipinski definition) is 0. The second kappa shape index (κ2) is 1.47. The standard InChI is InChI=1S/C9H14Si/c1-6-5-8-9(7(6)2)10(8,3)4/h5,7H,1-4H3. The molecule has 0 bridgehead atoms.